The molecular formula is C17H24N8. The Hall–Kier alpha value is -2.51. The van der Waals surface area contributed by atoms with Gasteiger partial charge < -0.3 is 14.7 Å². The average molecular weight is 340 g/mol. The van der Waals surface area contributed by atoms with E-state index in [0.29, 0.717) is 0 Å². The molecule has 0 atom stereocenters. The van der Waals surface area contributed by atoms with Crippen LogP contribution in [0.1, 0.15) is 19.8 Å². The Morgan fingerprint density at radius 3 is 2.16 bits per heavy atom. The number of rotatable bonds is 3. The van der Waals surface area contributed by atoms with Crippen molar-refractivity contribution in [2.45, 2.75) is 19.8 Å². The second-order valence-corrected chi connectivity index (χ2v) is 6.81. The van der Waals surface area contributed by atoms with Gasteiger partial charge in [0, 0.05) is 51.7 Å². The van der Waals surface area contributed by atoms with E-state index in [1.807, 2.05) is 6.07 Å². The predicted octanol–water partition coefficient (Wildman–Crippen LogP) is 1.22. The van der Waals surface area contributed by atoms with Crippen LogP contribution in [-0.2, 0) is 0 Å². The van der Waals surface area contributed by atoms with Crippen LogP contribution in [0.5, 0.6) is 0 Å². The highest BCUT2D eigenvalue weighted by molar-refractivity contribution is 5.43. The Morgan fingerprint density at radius 2 is 1.48 bits per heavy atom. The zero-order chi connectivity index (χ0) is 17.1. The third-order valence-electron chi connectivity index (χ3n) is 5.04. The van der Waals surface area contributed by atoms with Crippen molar-refractivity contribution in [2.24, 2.45) is 5.92 Å². The van der Waals surface area contributed by atoms with Crippen molar-refractivity contribution >= 4 is 17.7 Å². The molecule has 2 saturated heterocycles. The van der Waals surface area contributed by atoms with Gasteiger partial charge in [-0.15, -0.1) is 5.10 Å². The number of piperidine rings is 1. The number of piperazine rings is 1. The summed E-state index contributed by atoms with van der Waals surface area (Å²) in [6.45, 7) is 7.84. The smallest absolute Gasteiger partial charge is 0.247 e. The second kappa shape index (κ2) is 7.16. The monoisotopic (exact) mass is 340 g/mol. The molecule has 0 bridgehead atoms. The summed E-state index contributed by atoms with van der Waals surface area (Å²) in [7, 11) is 0. The van der Waals surface area contributed by atoms with Crippen molar-refractivity contribution in [2.75, 3.05) is 54.0 Å². The molecule has 25 heavy (non-hydrogen) atoms. The highest BCUT2D eigenvalue weighted by atomic mass is 15.4. The summed E-state index contributed by atoms with van der Waals surface area (Å²) in [6, 6.07) is 1.84. The van der Waals surface area contributed by atoms with E-state index in [2.05, 4.69) is 41.8 Å². The maximum absolute atomic E-state index is 4.77. The number of hydrogen-bond donors (Lipinski definition) is 0. The largest absolute Gasteiger partial charge is 0.355 e. The molecule has 2 aliphatic rings. The summed E-state index contributed by atoms with van der Waals surface area (Å²) in [4.78, 5) is 20.1. The second-order valence-electron chi connectivity index (χ2n) is 6.81. The molecule has 2 fully saturated rings. The number of nitrogens with zero attached hydrogens (tertiary/aromatic N) is 8. The summed E-state index contributed by atoms with van der Waals surface area (Å²) >= 11 is 0. The summed E-state index contributed by atoms with van der Waals surface area (Å²) in [6.07, 6.45) is 7.78. The minimum Gasteiger partial charge on any atom is -0.355 e. The first-order valence-corrected chi connectivity index (χ1v) is 9.01. The topological polar surface area (TPSA) is 74.2 Å². The minimum atomic E-state index is 0.727. The van der Waals surface area contributed by atoms with Gasteiger partial charge in [0.2, 0.25) is 11.9 Å². The van der Waals surface area contributed by atoms with Crippen molar-refractivity contribution in [3.63, 3.8) is 0 Å². The fourth-order valence-electron chi connectivity index (χ4n) is 3.37. The molecule has 0 N–H and O–H groups in total. The van der Waals surface area contributed by atoms with Gasteiger partial charge in [-0.2, -0.15) is 10.1 Å². The molecule has 2 aromatic rings. The van der Waals surface area contributed by atoms with E-state index in [-0.39, 0.29) is 0 Å². The molecule has 0 spiro atoms. The van der Waals surface area contributed by atoms with Crippen LogP contribution >= 0.6 is 0 Å². The molecule has 0 saturated carbocycles. The number of anilines is 3. The third-order valence-corrected chi connectivity index (χ3v) is 5.04. The van der Waals surface area contributed by atoms with Crippen LogP contribution < -0.4 is 14.7 Å². The Kier molecular flexibility index (Phi) is 4.58. The maximum atomic E-state index is 4.77. The summed E-state index contributed by atoms with van der Waals surface area (Å²) in [5, 5.41) is 8.46. The molecule has 2 aromatic heterocycles. The van der Waals surface area contributed by atoms with E-state index in [0.717, 1.165) is 62.9 Å². The Balaban J connectivity index is 1.40. The highest BCUT2D eigenvalue weighted by Crippen LogP contribution is 2.22. The highest BCUT2D eigenvalue weighted by Gasteiger charge is 2.23. The van der Waals surface area contributed by atoms with E-state index in [9.17, 15) is 0 Å². The fourth-order valence-corrected chi connectivity index (χ4v) is 3.37. The summed E-state index contributed by atoms with van der Waals surface area (Å²) in [5.74, 6) is 3.27. The van der Waals surface area contributed by atoms with Crippen LogP contribution in [0.2, 0.25) is 0 Å². The zero-order valence-electron chi connectivity index (χ0n) is 14.6. The van der Waals surface area contributed by atoms with E-state index < -0.39 is 0 Å². The molecule has 0 aliphatic carbocycles. The first-order valence-electron chi connectivity index (χ1n) is 9.01. The quantitative estimate of drug-likeness (QED) is 0.826. The number of aromatic nitrogens is 5. The molecule has 0 unspecified atom stereocenters. The van der Waals surface area contributed by atoms with Crippen molar-refractivity contribution in [3.05, 3.63) is 24.7 Å². The average Bonchev–Trinajstić information content (AvgIpc) is 2.69. The van der Waals surface area contributed by atoms with Gasteiger partial charge in [-0.25, -0.2) is 9.97 Å². The Morgan fingerprint density at radius 1 is 0.840 bits per heavy atom. The van der Waals surface area contributed by atoms with E-state index in [4.69, 9.17) is 4.98 Å². The standard InChI is InChI=1S/C17H24N8/c1-14-3-7-23(8-4-14)15-13-20-22-17(21-15)25-11-9-24(10-12-25)16-18-5-2-6-19-16/h2,5-6,13-14H,3-4,7-12H2,1H3. The lowest BCUT2D eigenvalue weighted by Gasteiger charge is -2.35. The molecule has 4 rings (SSSR count). The number of hydrogen-bond acceptors (Lipinski definition) is 8. The van der Waals surface area contributed by atoms with Gasteiger partial charge in [-0.1, -0.05) is 6.92 Å². The molecule has 8 nitrogen and oxygen atoms in total. The van der Waals surface area contributed by atoms with Gasteiger partial charge in [0.15, 0.2) is 5.82 Å². The first kappa shape index (κ1) is 16.0. The van der Waals surface area contributed by atoms with Gasteiger partial charge in [0.25, 0.3) is 0 Å². The lowest BCUT2D eigenvalue weighted by atomic mass is 9.99. The lowest BCUT2D eigenvalue weighted by molar-refractivity contribution is 0.436. The van der Waals surface area contributed by atoms with Gasteiger partial charge >= 0.3 is 0 Å². The van der Waals surface area contributed by atoms with Crippen molar-refractivity contribution < 1.29 is 0 Å². The Bertz CT molecular complexity index is 678. The van der Waals surface area contributed by atoms with Crippen LogP contribution in [0.15, 0.2) is 24.7 Å². The first-order chi connectivity index (χ1) is 12.3. The lowest BCUT2D eigenvalue weighted by Crippen LogP contribution is -2.47. The van der Waals surface area contributed by atoms with Gasteiger partial charge in [-0.3, -0.25) is 0 Å². The van der Waals surface area contributed by atoms with E-state index in [1.165, 1.54) is 12.8 Å². The fraction of sp³-hybridized carbons (Fsp3) is 0.588. The summed E-state index contributed by atoms with van der Waals surface area (Å²) < 4.78 is 0. The maximum Gasteiger partial charge on any atom is 0.247 e. The zero-order valence-corrected chi connectivity index (χ0v) is 14.6. The molecule has 0 amide bonds. The van der Waals surface area contributed by atoms with E-state index in [1.54, 1.807) is 18.6 Å². The van der Waals surface area contributed by atoms with Gasteiger partial charge in [0.05, 0.1) is 6.20 Å². The van der Waals surface area contributed by atoms with Crippen LogP contribution in [0.4, 0.5) is 17.7 Å². The molecule has 132 valence electrons. The third kappa shape index (κ3) is 3.62. The Labute approximate surface area is 147 Å². The van der Waals surface area contributed by atoms with E-state index >= 15 is 0 Å². The van der Waals surface area contributed by atoms with Crippen molar-refractivity contribution in [1.82, 2.24) is 25.1 Å². The molecule has 0 radical (unpaired) electrons. The van der Waals surface area contributed by atoms with Gasteiger partial charge in [-0.05, 0) is 24.8 Å². The molecular weight excluding hydrogens is 316 g/mol. The SMILES string of the molecule is CC1CCN(c2cnnc(N3CCN(c4ncccn4)CC3)n2)CC1. The van der Waals surface area contributed by atoms with Crippen LogP contribution in [0.25, 0.3) is 0 Å². The molecule has 2 aliphatic heterocycles. The van der Waals surface area contributed by atoms with Crippen LogP contribution in [-0.4, -0.2) is 64.4 Å². The van der Waals surface area contributed by atoms with Gasteiger partial charge in [0.1, 0.15) is 0 Å². The predicted molar refractivity (Wildman–Crippen MR) is 96.9 cm³/mol. The molecule has 0 aromatic carbocycles. The normalized spacial score (nSPS) is 19.3. The van der Waals surface area contributed by atoms with Crippen molar-refractivity contribution in [3.8, 4) is 0 Å². The van der Waals surface area contributed by atoms with Crippen molar-refractivity contribution in [1.29, 1.82) is 0 Å². The molecule has 8 heteroatoms. The summed E-state index contributed by atoms with van der Waals surface area (Å²) in [5.41, 5.74) is 0. The minimum absolute atomic E-state index is 0.727. The van der Waals surface area contributed by atoms with Crippen LogP contribution in [0, 0.1) is 5.92 Å². The molecule has 4 heterocycles. The van der Waals surface area contributed by atoms with Crippen LogP contribution in [0.3, 0.4) is 0 Å².